The molecule has 1 aliphatic heterocycles. The summed E-state index contributed by atoms with van der Waals surface area (Å²) in [7, 11) is -1.94. The van der Waals surface area contributed by atoms with Gasteiger partial charge in [0.1, 0.15) is 5.75 Å². The first-order valence-corrected chi connectivity index (χ1v) is 8.76. The Bertz CT molecular complexity index is 591. The van der Waals surface area contributed by atoms with Gasteiger partial charge in [0.15, 0.2) is 0 Å². The number of nitrogens with two attached hydrogens (primary N) is 1. The SMILES string of the molecule is COc1ccc(S(=O)(=O)N2[C@H](C)CCC[C@@H]2C)cc1CN. The zero-order chi connectivity index (χ0) is 15.6. The first-order valence-electron chi connectivity index (χ1n) is 7.32. The fourth-order valence-corrected chi connectivity index (χ4v) is 5.00. The van der Waals surface area contributed by atoms with Crippen LogP contribution in [0, 0.1) is 0 Å². The van der Waals surface area contributed by atoms with E-state index in [1.54, 1.807) is 29.6 Å². The minimum absolute atomic E-state index is 0.0298. The molecule has 1 aromatic rings. The molecule has 0 spiro atoms. The van der Waals surface area contributed by atoms with E-state index in [0.29, 0.717) is 16.2 Å². The summed E-state index contributed by atoms with van der Waals surface area (Å²) in [6.45, 7) is 4.19. The number of piperidine rings is 1. The van der Waals surface area contributed by atoms with E-state index < -0.39 is 10.0 Å². The summed E-state index contributed by atoms with van der Waals surface area (Å²) in [4.78, 5) is 0.296. The van der Waals surface area contributed by atoms with Crippen LogP contribution < -0.4 is 10.5 Å². The van der Waals surface area contributed by atoms with Gasteiger partial charge in [-0.1, -0.05) is 6.42 Å². The predicted octanol–water partition coefficient (Wildman–Crippen LogP) is 2.11. The first kappa shape index (κ1) is 16.3. The van der Waals surface area contributed by atoms with Crippen molar-refractivity contribution in [2.75, 3.05) is 7.11 Å². The van der Waals surface area contributed by atoms with Crippen LogP contribution >= 0.6 is 0 Å². The van der Waals surface area contributed by atoms with Crippen LogP contribution in [-0.4, -0.2) is 31.9 Å². The molecule has 0 unspecified atom stereocenters. The van der Waals surface area contributed by atoms with Gasteiger partial charge in [-0.05, 0) is 44.9 Å². The van der Waals surface area contributed by atoms with Crippen molar-refractivity contribution in [3.05, 3.63) is 23.8 Å². The Morgan fingerprint density at radius 1 is 1.29 bits per heavy atom. The number of benzene rings is 1. The van der Waals surface area contributed by atoms with Crippen LogP contribution in [0.2, 0.25) is 0 Å². The van der Waals surface area contributed by atoms with Gasteiger partial charge in [-0.3, -0.25) is 0 Å². The molecule has 0 radical (unpaired) electrons. The van der Waals surface area contributed by atoms with Crippen molar-refractivity contribution >= 4 is 10.0 Å². The monoisotopic (exact) mass is 312 g/mol. The number of ether oxygens (including phenoxy) is 1. The molecular weight excluding hydrogens is 288 g/mol. The second-order valence-electron chi connectivity index (χ2n) is 5.64. The van der Waals surface area contributed by atoms with Gasteiger partial charge >= 0.3 is 0 Å². The molecule has 118 valence electrons. The first-order chi connectivity index (χ1) is 9.91. The highest BCUT2D eigenvalue weighted by Crippen LogP contribution is 2.31. The predicted molar refractivity (Wildman–Crippen MR) is 82.7 cm³/mol. The Kier molecular flexibility index (Phi) is 4.91. The fraction of sp³-hybridized carbons (Fsp3) is 0.600. The maximum atomic E-state index is 12.9. The quantitative estimate of drug-likeness (QED) is 0.924. The molecule has 21 heavy (non-hydrogen) atoms. The molecular formula is C15H24N2O3S. The molecule has 2 rings (SSSR count). The average Bonchev–Trinajstić information content (AvgIpc) is 2.46. The van der Waals surface area contributed by atoms with E-state index in [1.165, 1.54) is 0 Å². The lowest BCUT2D eigenvalue weighted by atomic mass is 10.0. The lowest BCUT2D eigenvalue weighted by Gasteiger charge is -2.37. The summed E-state index contributed by atoms with van der Waals surface area (Å²) in [5.74, 6) is 0.621. The van der Waals surface area contributed by atoms with E-state index >= 15 is 0 Å². The molecule has 6 heteroatoms. The number of hydrogen-bond donors (Lipinski definition) is 1. The lowest BCUT2D eigenvalue weighted by Crippen LogP contribution is -2.47. The van der Waals surface area contributed by atoms with E-state index in [0.717, 1.165) is 19.3 Å². The molecule has 1 saturated heterocycles. The van der Waals surface area contributed by atoms with Crippen LogP contribution in [-0.2, 0) is 16.6 Å². The summed E-state index contributed by atoms with van der Waals surface area (Å²) in [6, 6.07) is 4.96. The van der Waals surface area contributed by atoms with Gasteiger partial charge in [0.25, 0.3) is 0 Å². The third-order valence-electron chi connectivity index (χ3n) is 4.16. The largest absolute Gasteiger partial charge is 0.496 e. The number of methoxy groups -OCH3 is 1. The number of rotatable bonds is 4. The molecule has 0 saturated carbocycles. The smallest absolute Gasteiger partial charge is 0.243 e. The molecule has 0 amide bonds. The average molecular weight is 312 g/mol. The van der Waals surface area contributed by atoms with Crippen molar-refractivity contribution in [3.63, 3.8) is 0 Å². The molecule has 1 aromatic carbocycles. The van der Waals surface area contributed by atoms with Crippen LogP contribution in [0.3, 0.4) is 0 Å². The zero-order valence-electron chi connectivity index (χ0n) is 12.9. The summed E-state index contributed by atoms with van der Waals surface area (Å²) >= 11 is 0. The molecule has 5 nitrogen and oxygen atoms in total. The minimum Gasteiger partial charge on any atom is -0.496 e. The fourth-order valence-electron chi connectivity index (χ4n) is 3.07. The molecule has 0 aliphatic carbocycles. The second-order valence-corrected chi connectivity index (χ2v) is 7.48. The van der Waals surface area contributed by atoms with Gasteiger partial charge in [0.2, 0.25) is 10.0 Å². The number of sulfonamides is 1. The third-order valence-corrected chi connectivity index (χ3v) is 6.28. The Balaban J connectivity index is 2.43. The zero-order valence-corrected chi connectivity index (χ0v) is 13.7. The van der Waals surface area contributed by atoms with E-state index in [2.05, 4.69) is 0 Å². The topological polar surface area (TPSA) is 72.6 Å². The van der Waals surface area contributed by atoms with Crippen LogP contribution in [0.15, 0.2) is 23.1 Å². The summed E-state index contributed by atoms with van der Waals surface area (Å²) in [5, 5.41) is 0. The van der Waals surface area contributed by atoms with Crippen LogP contribution in [0.25, 0.3) is 0 Å². The van der Waals surface area contributed by atoms with Crippen LogP contribution in [0.4, 0.5) is 0 Å². The van der Waals surface area contributed by atoms with Gasteiger partial charge in [-0.15, -0.1) is 0 Å². The third kappa shape index (κ3) is 3.07. The number of hydrogen-bond acceptors (Lipinski definition) is 4. The Morgan fingerprint density at radius 3 is 2.43 bits per heavy atom. The highest BCUT2D eigenvalue weighted by Gasteiger charge is 2.35. The van der Waals surface area contributed by atoms with E-state index in [4.69, 9.17) is 10.5 Å². The maximum absolute atomic E-state index is 12.9. The van der Waals surface area contributed by atoms with Crippen LogP contribution in [0.5, 0.6) is 5.75 Å². The van der Waals surface area contributed by atoms with Gasteiger partial charge in [0.05, 0.1) is 12.0 Å². The molecule has 2 atom stereocenters. The van der Waals surface area contributed by atoms with Crippen molar-refractivity contribution in [1.82, 2.24) is 4.31 Å². The maximum Gasteiger partial charge on any atom is 0.243 e. The molecule has 0 aromatic heterocycles. The highest BCUT2D eigenvalue weighted by molar-refractivity contribution is 7.89. The number of nitrogens with zero attached hydrogens (tertiary/aromatic N) is 1. The van der Waals surface area contributed by atoms with Crippen molar-refractivity contribution in [3.8, 4) is 5.75 Å². The van der Waals surface area contributed by atoms with Gasteiger partial charge in [-0.25, -0.2) is 8.42 Å². The van der Waals surface area contributed by atoms with Crippen molar-refractivity contribution < 1.29 is 13.2 Å². The lowest BCUT2D eigenvalue weighted by molar-refractivity contribution is 0.204. The Labute approximate surface area is 127 Å². The minimum atomic E-state index is -3.50. The van der Waals surface area contributed by atoms with Crippen LogP contribution in [0.1, 0.15) is 38.7 Å². The van der Waals surface area contributed by atoms with Gasteiger partial charge in [0, 0.05) is 24.2 Å². The molecule has 1 heterocycles. The second kappa shape index (κ2) is 6.34. The molecule has 1 fully saturated rings. The molecule has 2 N–H and O–H groups in total. The molecule has 0 bridgehead atoms. The van der Waals surface area contributed by atoms with Crippen molar-refractivity contribution in [2.45, 2.75) is 56.6 Å². The van der Waals surface area contributed by atoms with E-state index in [1.807, 2.05) is 13.8 Å². The highest BCUT2D eigenvalue weighted by atomic mass is 32.2. The summed E-state index contributed by atoms with van der Waals surface area (Å²) < 4.78 is 32.7. The van der Waals surface area contributed by atoms with Crippen molar-refractivity contribution in [2.24, 2.45) is 5.73 Å². The standard InChI is InChI=1S/C15H24N2O3S/c1-11-5-4-6-12(2)17(11)21(18,19)14-7-8-15(20-3)13(9-14)10-16/h7-9,11-12H,4-6,10,16H2,1-3H3/t11-,12+. The molecule has 1 aliphatic rings. The Hall–Kier alpha value is -1.11. The van der Waals surface area contributed by atoms with E-state index in [9.17, 15) is 8.42 Å². The normalized spacial score (nSPS) is 24.0. The van der Waals surface area contributed by atoms with Crippen molar-refractivity contribution in [1.29, 1.82) is 0 Å². The van der Waals surface area contributed by atoms with Gasteiger partial charge < -0.3 is 10.5 Å². The summed E-state index contributed by atoms with van der Waals surface area (Å²) in [5.41, 5.74) is 6.39. The van der Waals surface area contributed by atoms with Gasteiger partial charge in [-0.2, -0.15) is 4.31 Å². The summed E-state index contributed by atoms with van der Waals surface area (Å²) in [6.07, 6.45) is 2.89. The Morgan fingerprint density at radius 2 is 1.90 bits per heavy atom. The van der Waals surface area contributed by atoms with E-state index in [-0.39, 0.29) is 18.6 Å².